The molecule has 6 heteroatoms. The molecular weight excluding hydrogens is 345 g/mol. The van der Waals surface area contributed by atoms with Crippen molar-refractivity contribution in [3.05, 3.63) is 28.5 Å². The molecule has 0 unspecified atom stereocenters. The summed E-state index contributed by atoms with van der Waals surface area (Å²) in [7, 11) is -3.54. The normalized spacial score (nSPS) is 19.6. The summed E-state index contributed by atoms with van der Waals surface area (Å²) in [4.78, 5) is 0.167. The van der Waals surface area contributed by atoms with E-state index >= 15 is 0 Å². The van der Waals surface area contributed by atoms with Crippen molar-refractivity contribution in [3.8, 4) is 0 Å². The molecule has 0 amide bonds. The third-order valence-electron chi connectivity index (χ3n) is 3.83. The Morgan fingerprint density at radius 1 is 1.15 bits per heavy atom. The summed E-state index contributed by atoms with van der Waals surface area (Å²) in [5.41, 5.74) is 0. The number of rotatable bonds is 6. The number of nitrogens with zero attached hydrogens (tertiary/aromatic N) is 1. The number of hydrogen-bond donors (Lipinski definition) is 0. The first-order chi connectivity index (χ1) is 9.46. The van der Waals surface area contributed by atoms with E-state index < -0.39 is 15.8 Å². The minimum absolute atomic E-state index is 0.167. The van der Waals surface area contributed by atoms with Crippen LogP contribution in [0.5, 0.6) is 0 Å². The lowest BCUT2D eigenvalue weighted by Gasteiger charge is -2.22. The van der Waals surface area contributed by atoms with Gasteiger partial charge in [0.05, 0.1) is 4.90 Å². The van der Waals surface area contributed by atoms with Gasteiger partial charge in [-0.3, -0.25) is 0 Å². The minimum atomic E-state index is -3.54. The van der Waals surface area contributed by atoms with Crippen LogP contribution < -0.4 is 0 Å². The highest BCUT2D eigenvalue weighted by molar-refractivity contribution is 9.10. The molecule has 0 bridgehead atoms. The second kappa shape index (κ2) is 5.39. The smallest absolute Gasteiger partial charge is 0.207 e. The topological polar surface area (TPSA) is 37.4 Å². The first-order valence-corrected chi connectivity index (χ1v) is 9.15. The van der Waals surface area contributed by atoms with E-state index in [-0.39, 0.29) is 4.90 Å². The average Bonchev–Trinajstić information content (AvgIpc) is 3.22. The largest absolute Gasteiger partial charge is 0.244 e. The first kappa shape index (κ1) is 14.5. The van der Waals surface area contributed by atoms with Gasteiger partial charge in [-0.25, -0.2) is 12.8 Å². The maximum Gasteiger partial charge on any atom is 0.244 e. The summed E-state index contributed by atoms with van der Waals surface area (Å²) in [5, 5.41) is 0. The van der Waals surface area contributed by atoms with Crippen LogP contribution in [0.4, 0.5) is 4.39 Å². The summed E-state index contributed by atoms with van der Waals surface area (Å²) < 4.78 is 40.6. The van der Waals surface area contributed by atoms with Gasteiger partial charge in [0, 0.05) is 17.6 Å². The molecule has 3 rings (SSSR count). The second-order valence-electron chi connectivity index (χ2n) is 5.78. The predicted octanol–water partition coefficient (Wildman–Crippen LogP) is 3.40. The van der Waals surface area contributed by atoms with Crippen molar-refractivity contribution < 1.29 is 12.8 Å². The molecule has 0 spiro atoms. The van der Waals surface area contributed by atoms with E-state index in [0.717, 1.165) is 25.7 Å². The molecule has 1 aromatic rings. The Hall–Kier alpha value is -0.460. The van der Waals surface area contributed by atoms with E-state index in [4.69, 9.17) is 0 Å². The lowest BCUT2D eigenvalue weighted by atomic mass is 10.3. The summed E-state index contributed by atoms with van der Waals surface area (Å²) in [6.45, 7) is 1.20. The third kappa shape index (κ3) is 3.23. The number of sulfonamides is 1. The Morgan fingerprint density at radius 2 is 1.70 bits per heavy atom. The molecule has 20 heavy (non-hydrogen) atoms. The van der Waals surface area contributed by atoms with Gasteiger partial charge in [0.1, 0.15) is 5.82 Å². The minimum Gasteiger partial charge on any atom is -0.207 e. The molecule has 2 saturated carbocycles. The molecule has 3 nitrogen and oxygen atoms in total. The molecule has 0 atom stereocenters. The highest BCUT2D eigenvalue weighted by Crippen LogP contribution is 2.37. The van der Waals surface area contributed by atoms with Gasteiger partial charge in [-0.1, -0.05) is 0 Å². The van der Waals surface area contributed by atoms with Gasteiger partial charge in [0.15, 0.2) is 0 Å². The van der Waals surface area contributed by atoms with Crippen LogP contribution in [-0.2, 0) is 10.0 Å². The summed E-state index contributed by atoms with van der Waals surface area (Å²) in [5.74, 6) is 0.567. The zero-order chi connectivity index (χ0) is 14.3. The molecule has 0 heterocycles. The van der Waals surface area contributed by atoms with Crippen LogP contribution in [0.15, 0.2) is 27.6 Å². The first-order valence-electron chi connectivity index (χ1n) is 6.92. The van der Waals surface area contributed by atoms with Crippen LogP contribution in [0.2, 0.25) is 0 Å². The molecule has 0 aromatic heterocycles. The standard InChI is InChI=1S/C14H17BrFNO2S/c15-13-7-12(16)5-6-14(13)20(18,19)17(8-10-1-2-10)9-11-3-4-11/h5-7,10-11H,1-4,8-9H2. The third-order valence-corrected chi connectivity index (χ3v) is 6.64. The van der Waals surface area contributed by atoms with Crippen LogP contribution >= 0.6 is 15.9 Å². The lowest BCUT2D eigenvalue weighted by Crippen LogP contribution is -2.35. The Balaban J connectivity index is 1.89. The lowest BCUT2D eigenvalue weighted by molar-refractivity contribution is 0.382. The van der Waals surface area contributed by atoms with E-state index in [1.165, 1.54) is 18.2 Å². The van der Waals surface area contributed by atoms with Crippen molar-refractivity contribution in [1.82, 2.24) is 4.31 Å². The van der Waals surface area contributed by atoms with E-state index in [0.29, 0.717) is 29.4 Å². The fourth-order valence-electron chi connectivity index (χ4n) is 2.27. The SMILES string of the molecule is O=S(=O)(c1ccc(F)cc1Br)N(CC1CC1)CC1CC1. The maximum atomic E-state index is 13.1. The molecule has 2 aliphatic carbocycles. The summed E-state index contributed by atoms with van der Waals surface area (Å²) >= 11 is 3.17. The van der Waals surface area contributed by atoms with E-state index in [1.54, 1.807) is 4.31 Å². The Kier molecular flexibility index (Phi) is 3.90. The van der Waals surface area contributed by atoms with Crippen molar-refractivity contribution in [1.29, 1.82) is 0 Å². The van der Waals surface area contributed by atoms with Crippen LogP contribution in [0.1, 0.15) is 25.7 Å². The Labute approximate surface area is 127 Å². The fraction of sp³-hybridized carbons (Fsp3) is 0.571. The van der Waals surface area contributed by atoms with Crippen molar-refractivity contribution in [3.63, 3.8) is 0 Å². The summed E-state index contributed by atoms with van der Waals surface area (Å²) in [6.07, 6.45) is 4.45. The molecular formula is C14H17BrFNO2S. The molecule has 0 aliphatic heterocycles. The zero-order valence-electron chi connectivity index (χ0n) is 11.1. The van der Waals surface area contributed by atoms with E-state index in [9.17, 15) is 12.8 Å². The average molecular weight is 362 g/mol. The molecule has 110 valence electrons. The van der Waals surface area contributed by atoms with Crippen LogP contribution in [0, 0.1) is 17.7 Å². The van der Waals surface area contributed by atoms with Gasteiger partial charge in [-0.2, -0.15) is 4.31 Å². The van der Waals surface area contributed by atoms with Gasteiger partial charge < -0.3 is 0 Å². The van der Waals surface area contributed by atoms with E-state index in [2.05, 4.69) is 15.9 Å². The van der Waals surface area contributed by atoms with Crippen molar-refractivity contribution in [2.45, 2.75) is 30.6 Å². The maximum absolute atomic E-state index is 13.1. The van der Waals surface area contributed by atoms with Crippen molar-refractivity contribution >= 4 is 26.0 Å². The number of halogens is 2. The van der Waals surface area contributed by atoms with E-state index in [1.807, 2.05) is 0 Å². The number of hydrogen-bond acceptors (Lipinski definition) is 2. The Bertz CT molecular complexity index is 598. The Morgan fingerprint density at radius 3 is 2.15 bits per heavy atom. The molecule has 1 aromatic carbocycles. The van der Waals surface area contributed by atoms with Crippen molar-refractivity contribution in [2.75, 3.05) is 13.1 Å². The number of benzene rings is 1. The monoisotopic (exact) mass is 361 g/mol. The quantitative estimate of drug-likeness (QED) is 0.778. The fourth-order valence-corrected chi connectivity index (χ4v) is 4.87. The molecule has 2 fully saturated rings. The van der Waals surface area contributed by atoms with Crippen LogP contribution in [0.25, 0.3) is 0 Å². The van der Waals surface area contributed by atoms with Gasteiger partial charge in [0.2, 0.25) is 10.0 Å². The highest BCUT2D eigenvalue weighted by atomic mass is 79.9. The van der Waals surface area contributed by atoms with Crippen molar-refractivity contribution in [2.24, 2.45) is 11.8 Å². The van der Waals surface area contributed by atoms with Crippen LogP contribution in [0.3, 0.4) is 0 Å². The molecule has 0 radical (unpaired) electrons. The predicted molar refractivity (Wildman–Crippen MR) is 78.3 cm³/mol. The molecule has 0 saturated heterocycles. The molecule has 0 N–H and O–H groups in total. The highest BCUT2D eigenvalue weighted by Gasteiger charge is 2.36. The molecule has 2 aliphatic rings. The second-order valence-corrected chi connectivity index (χ2v) is 8.54. The van der Waals surface area contributed by atoms with Gasteiger partial charge in [0.25, 0.3) is 0 Å². The van der Waals surface area contributed by atoms with Gasteiger partial charge in [-0.05, 0) is 71.6 Å². The summed E-state index contributed by atoms with van der Waals surface area (Å²) in [6, 6.07) is 3.75. The van der Waals surface area contributed by atoms with Crippen LogP contribution in [-0.4, -0.2) is 25.8 Å². The van der Waals surface area contributed by atoms with Gasteiger partial charge in [-0.15, -0.1) is 0 Å². The zero-order valence-corrected chi connectivity index (χ0v) is 13.5. The van der Waals surface area contributed by atoms with Gasteiger partial charge >= 0.3 is 0 Å².